The first-order chi connectivity index (χ1) is 36.9. The Kier molecular flexibility index (Phi) is 12.5. The van der Waals surface area contributed by atoms with Crippen molar-refractivity contribution in [2.24, 2.45) is 0 Å². The summed E-state index contributed by atoms with van der Waals surface area (Å²) in [6.07, 6.45) is 0. The summed E-state index contributed by atoms with van der Waals surface area (Å²) >= 11 is 0. The number of hydrogen-bond acceptors (Lipinski definition) is 3. The Balaban J connectivity index is 1.04. The minimum absolute atomic E-state index is 0.0365. The summed E-state index contributed by atoms with van der Waals surface area (Å²) in [7, 11) is -3.86. The van der Waals surface area contributed by atoms with E-state index in [1.54, 1.807) is 36.4 Å². The minimum Gasteiger partial charge on any atom is -0.289 e. The zero-order valence-electron chi connectivity index (χ0n) is 40.8. The summed E-state index contributed by atoms with van der Waals surface area (Å²) in [4.78, 5) is 13.9. The molecule has 75 heavy (non-hydrogen) atoms. The molecule has 0 aliphatic carbocycles. The van der Waals surface area contributed by atoms with Gasteiger partial charge in [0, 0.05) is 11.1 Å². The van der Waals surface area contributed by atoms with Gasteiger partial charge in [-0.25, -0.2) is 8.42 Å². The Morgan fingerprint density at radius 1 is 0.227 bits per heavy atom. The number of fused-ring (bicyclic) bond motifs is 2. The molecule has 4 heteroatoms. The fourth-order valence-corrected chi connectivity index (χ4v) is 12.2. The van der Waals surface area contributed by atoms with Crippen molar-refractivity contribution in [3.8, 4) is 33.4 Å². The molecule has 11 aromatic rings. The zero-order chi connectivity index (χ0) is 50.7. The van der Waals surface area contributed by atoms with E-state index < -0.39 is 9.84 Å². The summed E-state index contributed by atoms with van der Waals surface area (Å²) in [5.41, 5.74) is 19.6. The molecule has 356 valence electrons. The molecule has 0 N–H and O–H groups in total. The lowest BCUT2D eigenvalue weighted by Crippen LogP contribution is -2.20. The highest BCUT2D eigenvalue weighted by molar-refractivity contribution is 7.91. The summed E-state index contributed by atoms with van der Waals surface area (Å²) in [5.74, 6) is -0.295. The lowest BCUT2D eigenvalue weighted by atomic mass is 9.83. The number of carbonyl (C=O) groups is 1. The molecule has 0 saturated carbocycles. The largest absolute Gasteiger partial charge is 0.289 e. The van der Waals surface area contributed by atoms with Crippen LogP contribution in [0.15, 0.2) is 301 Å². The van der Waals surface area contributed by atoms with Crippen LogP contribution in [0.4, 0.5) is 0 Å². The summed E-state index contributed by atoms with van der Waals surface area (Å²) in [5, 5.41) is 0. The molecule has 1 aliphatic rings. The van der Waals surface area contributed by atoms with E-state index in [4.69, 9.17) is 0 Å². The van der Waals surface area contributed by atoms with Crippen molar-refractivity contribution < 1.29 is 13.2 Å². The molecule has 0 unspecified atom stereocenters. The van der Waals surface area contributed by atoms with Crippen molar-refractivity contribution in [3.63, 3.8) is 0 Å². The van der Waals surface area contributed by atoms with E-state index >= 15 is 0 Å². The quantitative estimate of drug-likeness (QED) is 0.121. The van der Waals surface area contributed by atoms with Crippen LogP contribution in [0.25, 0.3) is 55.7 Å². The van der Waals surface area contributed by atoms with Gasteiger partial charge in [-0.3, -0.25) is 4.79 Å². The first-order valence-corrected chi connectivity index (χ1v) is 26.6. The Labute approximate surface area is 438 Å². The van der Waals surface area contributed by atoms with E-state index in [0.717, 1.165) is 100 Å². The average Bonchev–Trinajstić information content (AvgIpc) is 3.48. The van der Waals surface area contributed by atoms with Crippen molar-refractivity contribution in [1.82, 2.24) is 0 Å². The second-order valence-corrected chi connectivity index (χ2v) is 20.5. The maximum absolute atomic E-state index is 13.8. The molecule has 0 amide bonds. The van der Waals surface area contributed by atoms with E-state index in [1.807, 2.05) is 0 Å². The third-order valence-corrected chi connectivity index (χ3v) is 16.0. The van der Waals surface area contributed by atoms with Crippen LogP contribution in [0.1, 0.15) is 60.4 Å². The van der Waals surface area contributed by atoms with Crippen LogP contribution < -0.4 is 0 Å². The van der Waals surface area contributed by atoms with Gasteiger partial charge < -0.3 is 0 Å². The van der Waals surface area contributed by atoms with Gasteiger partial charge in [0.2, 0.25) is 9.84 Å². The normalized spacial score (nSPS) is 12.2. The maximum atomic E-state index is 13.8. The lowest BCUT2D eigenvalue weighted by molar-refractivity contribution is 0.103. The molecular weight excluding hydrogens is 933 g/mol. The van der Waals surface area contributed by atoms with E-state index in [1.165, 1.54) is 6.07 Å². The highest BCUT2D eigenvalue weighted by atomic mass is 32.2. The Morgan fingerprint density at radius 3 is 1.00 bits per heavy atom. The molecule has 0 fully saturated rings. The van der Waals surface area contributed by atoms with Crippen LogP contribution in [0.5, 0.6) is 0 Å². The molecular formula is C71H48O3S. The molecule has 1 heterocycles. The molecule has 1 aliphatic heterocycles. The van der Waals surface area contributed by atoms with E-state index in [0.29, 0.717) is 0 Å². The predicted molar refractivity (Wildman–Crippen MR) is 307 cm³/mol. The number of sulfone groups is 1. The van der Waals surface area contributed by atoms with Gasteiger partial charge in [-0.15, -0.1) is 0 Å². The van der Waals surface area contributed by atoms with Crippen LogP contribution in [0, 0.1) is 0 Å². The highest BCUT2D eigenvalue weighted by Crippen LogP contribution is 2.44. The monoisotopic (exact) mass is 980 g/mol. The van der Waals surface area contributed by atoms with Crippen molar-refractivity contribution in [2.45, 2.75) is 9.79 Å². The Morgan fingerprint density at radius 2 is 0.547 bits per heavy atom. The predicted octanol–water partition coefficient (Wildman–Crippen LogP) is 17.1. The van der Waals surface area contributed by atoms with Gasteiger partial charge in [0.25, 0.3) is 0 Å². The van der Waals surface area contributed by atoms with Gasteiger partial charge in [-0.1, -0.05) is 261 Å². The summed E-state index contributed by atoms with van der Waals surface area (Å²) in [6, 6.07) is 99.5. The number of hydrogen-bond donors (Lipinski definition) is 0. The van der Waals surface area contributed by atoms with Crippen LogP contribution >= 0.6 is 0 Å². The minimum atomic E-state index is -3.86. The SMILES string of the molecule is O=C1c2ccccc2S(=O)(=O)c2ccc(-c3ccc(-c4cc(C(=C(c5ccccc5)c5ccccc5)c5ccccc5)ccc4-c4ccc(C(=C(c5ccccc5)c5ccccc5)c5ccccc5)cc4)cc3)cc21. The zero-order valence-corrected chi connectivity index (χ0v) is 41.7. The Hall–Kier alpha value is -9.48. The van der Waals surface area contributed by atoms with Crippen LogP contribution in [0.3, 0.4) is 0 Å². The molecule has 0 aromatic heterocycles. The molecule has 12 rings (SSSR count). The van der Waals surface area contributed by atoms with E-state index in [9.17, 15) is 13.2 Å². The highest BCUT2D eigenvalue weighted by Gasteiger charge is 2.34. The van der Waals surface area contributed by atoms with Crippen molar-refractivity contribution >= 4 is 37.9 Å². The van der Waals surface area contributed by atoms with Crippen LogP contribution in [0.2, 0.25) is 0 Å². The van der Waals surface area contributed by atoms with Crippen molar-refractivity contribution in [3.05, 3.63) is 347 Å². The van der Waals surface area contributed by atoms with Gasteiger partial charge in [0.15, 0.2) is 5.78 Å². The molecule has 11 aromatic carbocycles. The lowest BCUT2D eigenvalue weighted by Gasteiger charge is -2.21. The van der Waals surface area contributed by atoms with Crippen LogP contribution in [-0.2, 0) is 9.84 Å². The number of ketones is 1. The number of carbonyl (C=O) groups excluding carboxylic acids is 1. The van der Waals surface area contributed by atoms with E-state index in [2.05, 4.69) is 249 Å². The van der Waals surface area contributed by atoms with Crippen molar-refractivity contribution in [2.75, 3.05) is 0 Å². The standard InChI is InChI=1S/C71H48O3S/c72-71-62-33-19-20-34-65(62)75(73,74)66-46-44-59(47-64(66)71)49-35-37-51(38-36-49)63-48-60(70(57-31-17-6-18-32-57)68(54-25-11-3-12-26-54)55-27-13-4-14-28-55)43-45-61(63)50-39-41-58(42-40-50)69(56-29-15-5-16-30-56)67(52-21-7-1-8-22-52)53-23-9-2-10-24-53/h1-48H. The molecule has 0 bridgehead atoms. The number of rotatable bonds is 11. The molecule has 0 atom stereocenters. The fourth-order valence-electron chi connectivity index (χ4n) is 10.6. The van der Waals surface area contributed by atoms with E-state index in [-0.39, 0.29) is 26.7 Å². The van der Waals surface area contributed by atoms with Gasteiger partial charge in [0.1, 0.15) is 0 Å². The van der Waals surface area contributed by atoms with Crippen LogP contribution in [-0.4, -0.2) is 14.2 Å². The smallest absolute Gasteiger partial charge is 0.208 e. The topological polar surface area (TPSA) is 51.2 Å². The van der Waals surface area contributed by atoms with Gasteiger partial charge in [-0.2, -0.15) is 0 Å². The Bertz CT molecular complexity index is 3970. The van der Waals surface area contributed by atoms with Gasteiger partial charge in [-0.05, 0) is 131 Å². The van der Waals surface area contributed by atoms with Gasteiger partial charge in [0.05, 0.1) is 9.79 Å². The molecule has 0 radical (unpaired) electrons. The summed E-state index contributed by atoms with van der Waals surface area (Å²) < 4.78 is 27.4. The van der Waals surface area contributed by atoms with Crippen molar-refractivity contribution in [1.29, 1.82) is 0 Å². The maximum Gasteiger partial charge on any atom is 0.208 e. The summed E-state index contributed by atoms with van der Waals surface area (Å²) in [6.45, 7) is 0. The third kappa shape index (κ3) is 8.99. The fraction of sp³-hybridized carbons (Fsp3) is 0. The first-order valence-electron chi connectivity index (χ1n) is 25.1. The van der Waals surface area contributed by atoms with Gasteiger partial charge >= 0.3 is 0 Å². The molecule has 0 saturated heterocycles. The second kappa shape index (κ2) is 20.2. The second-order valence-electron chi connectivity index (χ2n) is 18.7. The molecule has 0 spiro atoms. The number of benzene rings is 11. The third-order valence-electron chi connectivity index (χ3n) is 14.1. The molecule has 3 nitrogen and oxygen atoms in total. The average molecular weight is 981 g/mol. The first kappa shape index (κ1) is 46.6.